The number of alkyl halides is 2. The van der Waals surface area contributed by atoms with Gasteiger partial charge in [-0.3, -0.25) is 0 Å². The summed E-state index contributed by atoms with van der Waals surface area (Å²) in [6, 6.07) is 10.0. The molecule has 1 aliphatic rings. The van der Waals surface area contributed by atoms with E-state index in [0.29, 0.717) is 6.42 Å². The Bertz CT molecular complexity index is 268. The third-order valence-corrected chi connectivity index (χ3v) is 3.25. The Kier molecular flexibility index (Phi) is 1.95. The summed E-state index contributed by atoms with van der Waals surface area (Å²) in [5.74, 6) is 0.180. The maximum absolute atomic E-state index is 13.1. The van der Waals surface area contributed by atoms with Crippen molar-refractivity contribution in [2.24, 2.45) is 5.92 Å². The summed E-state index contributed by atoms with van der Waals surface area (Å²) in [6.07, 6.45) is 1.50. The second kappa shape index (κ2) is 2.84. The molecule has 2 rings (SSSR count). The van der Waals surface area contributed by atoms with Crippen molar-refractivity contribution in [3.63, 3.8) is 0 Å². The van der Waals surface area contributed by atoms with Gasteiger partial charge in [0.05, 0.1) is 0 Å². The minimum Gasteiger partial charge on any atom is -0.231 e. The number of halogens is 2. The van der Waals surface area contributed by atoms with Gasteiger partial charge in [-0.05, 0) is 34.3 Å². The van der Waals surface area contributed by atoms with E-state index in [9.17, 15) is 4.39 Å². The van der Waals surface area contributed by atoms with E-state index in [0.717, 1.165) is 6.42 Å². The van der Waals surface area contributed by atoms with E-state index in [1.165, 1.54) is 5.56 Å². The van der Waals surface area contributed by atoms with Crippen molar-refractivity contribution in [2.75, 3.05) is 0 Å². The van der Waals surface area contributed by atoms with E-state index in [4.69, 9.17) is 0 Å². The van der Waals surface area contributed by atoms with Gasteiger partial charge in [-0.1, -0.05) is 30.3 Å². The Labute approximate surface area is 79.9 Å². The summed E-state index contributed by atoms with van der Waals surface area (Å²) in [5, 5.41) is 0. The monoisotopic (exact) mass is 228 g/mol. The second-order valence-electron chi connectivity index (χ2n) is 3.35. The lowest BCUT2D eigenvalue weighted by molar-refractivity contribution is 0.413. The average Bonchev–Trinajstić information content (AvgIpc) is 2.61. The van der Waals surface area contributed by atoms with Crippen LogP contribution in [0.5, 0.6) is 0 Å². The largest absolute Gasteiger partial charge is 0.231 e. The normalized spacial score (nSPS) is 33.3. The first-order valence-corrected chi connectivity index (χ1v) is 4.89. The van der Waals surface area contributed by atoms with Crippen molar-refractivity contribution in [2.45, 2.75) is 17.4 Å². The first-order valence-electron chi connectivity index (χ1n) is 4.10. The second-order valence-corrected chi connectivity index (χ2v) is 4.67. The van der Waals surface area contributed by atoms with Gasteiger partial charge in [0.2, 0.25) is 0 Å². The van der Waals surface area contributed by atoms with Crippen LogP contribution in [0, 0.1) is 5.92 Å². The molecule has 0 N–H and O–H groups in total. The van der Waals surface area contributed by atoms with Gasteiger partial charge in [-0.2, -0.15) is 0 Å². The summed E-state index contributed by atoms with van der Waals surface area (Å²) in [5.41, 5.74) is 1.22. The molecule has 64 valence electrons. The van der Waals surface area contributed by atoms with E-state index in [1.807, 2.05) is 30.3 Å². The lowest BCUT2D eigenvalue weighted by Crippen LogP contribution is -1.94. The number of rotatable bonds is 2. The predicted molar refractivity (Wildman–Crippen MR) is 51.0 cm³/mol. The summed E-state index contributed by atoms with van der Waals surface area (Å²) in [7, 11) is 0. The van der Waals surface area contributed by atoms with Gasteiger partial charge in [0, 0.05) is 5.92 Å². The minimum absolute atomic E-state index is 0.180. The highest BCUT2D eigenvalue weighted by molar-refractivity contribution is 9.10. The number of benzene rings is 1. The molecule has 2 heteroatoms. The predicted octanol–water partition coefficient (Wildman–Crippen LogP) is 3.31. The molecule has 0 aromatic heterocycles. The maximum atomic E-state index is 13.1. The molecule has 1 fully saturated rings. The fourth-order valence-corrected chi connectivity index (χ4v) is 1.94. The van der Waals surface area contributed by atoms with Crippen LogP contribution in [-0.2, 0) is 6.42 Å². The maximum Gasteiger partial charge on any atom is 0.168 e. The molecule has 0 spiro atoms. The van der Waals surface area contributed by atoms with Crippen molar-refractivity contribution in [1.29, 1.82) is 0 Å². The van der Waals surface area contributed by atoms with Crippen LogP contribution >= 0.6 is 15.9 Å². The van der Waals surface area contributed by atoms with Crippen molar-refractivity contribution >= 4 is 15.9 Å². The van der Waals surface area contributed by atoms with Gasteiger partial charge in [-0.25, -0.2) is 4.39 Å². The molecule has 0 unspecified atom stereocenters. The Morgan fingerprint density at radius 1 is 1.42 bits per heavy atom. The van der Waals surface area contributed by atoms with Crippen LogP contribution in [-0.4, -0.2) is 4.58 Å². The summed E-state index contributed by atoms with van der Waals surface area (Å²) < 4.78 is 12.0. The van der Waals surface area contributed by atoms with Crippen molar-refractivity contribution in [3.8, 4) is 0 Å². The lowest BCUT2D eigenvalue weighted by atomic mass is 10.1. The Hall–Kier alpha value is -0.370. The molecule has 2 atom stereocenters. The van der Waals surface area contributed by atoms with Crippen molar-refractivity contribution < 1.29 is 4.39 Å². The zero-order valence-electron chi connectivity index (χ0n) is 6.63. The molecule has 1 aromatic carbocycles. The number of hydrogen-bond donors (Lipinski definition) is 0. The van der Waals surface area contributed by atoms with Crippen LogP contribution in [0.25, 0.3) is 0 Å². The Morgan fingerprint density at radius 2 is 2.00 bits per heavy atom. The van der Waals surface area contributed by atoms with Crippen LogP contribution in [0.2, 0.25) is 0 Å². The highest BCUT2D eigenvalue weighted by Gasteiger charge is 2.52. The zero-order valence-corrected chi connectivity index (χ0v) is 8.22. The molecule has 0 heterocycles. The smallest absolute Gasteiger partial charge is 0.168 e. The molecule has 1 saturated carbocycles. The van der Waals surface area contributed by atoms with Crippen LogP contribution < -0.4 is 0 Å². The van der Waals surface area contributed by atoms with Gasteiger partial charge in [0.25, 0.3) is 0 Å². The Morgan fingerprint density at radius 3 is 2.50 bits per heavy atom. The molecule has 0 bridgehead atoms. The Balaban J connectivity index is 1.98. The van der Waals surface area contributed by atoms with Crippen LogP contribution in [0.4, 0.5) is 4.39 Å². The standard InChI is InChI=1S/C10H10BrF/c11-10(12)7-9(10)6-8-4-2-1-3-5-8/h1-5,9H,6-7H2/t9-,10+/m0/s1. The summed E-state index contributed by atoms with van der Waals surface area (Å²) in [6.45, 7) is 0. The molecular weight excluding hydrogens is 219 g/mol. The van der Waals surface area contributed by atoms with Crippen LogP contribution in [0.3, 0.4) is 0 Å². The van der Waals surface area contributed by atoms with Gasteiger partial charge < -0.3 is 0 Å². The molecular formula is C10H10BrF. The molecule has 0 amide bonds. The van der Waals surface area contributed by atoms with E-state index in [2.05, 4.69) is 15.9 Å². The zero-order chi connectivity index (χ0) is 8.60. The first kappa shape index (κ1) is 8.24. The molecule has 1 aliphatic carbocycles. The minimum atomic E-state index is -1.07. The highest BCUT2D eigenvalue weighted by atomic mass is 79.9. The highest BCUT2D eigenvalue weighted by Crippen LogP contribution is 2.53. The van der Waals surface area contributed by atoms with Gasteiger partial charge >= 0.3 is 0 Å². The van der Waals surface area contributed by atoms with Gasteiger partial charge in [-0.15, -0.1) is 0 Å². The van der Waals surface area contributed by atoms with E-state index >= 15 is 0 Å². The lowest BCUT2D eigenvalue weighted by Gasteiger charge is -1.99. The average molecular weight is 229 g/mol. The third-order valence-electron chi connectivity index (χ3n) is 2.28. The molecule has 12 heavy (non-hydrogen) atoms. The van der Waals surface area contributed by atoms with Crippen LogP contribution in [0.15, 0.2) is 30.3 Å². The third kappa shape index (κ3) is 1.69. The molecule has 1 aromatic rings. The van der Waals surface area contributed by atoms with Crippen molar-refractivity contribution in [3.05, 3.63) is 35.9 Å². The fraction of sp³-hybridized carbons (Fsp3) is 0.400. The SMILES string of the molecule is F[C@]1(Br)C[C@@H]1Cc1ccccc1. The molecule has 0 nitrogen and oxygen atoms in total. The van der Waals surface area contributed by atoms with Crippen LogP contribution in [0.1, 0.15) is 12.0 Å². The van der Waals surface area contributed by atoms with E-state index in [1.54, 1.807) is 0 Å². The fourth-order valence-electron chi connectivity index (χ4n) is 1.39. The topological polar surface area (TPSA) is 0 Å². The number of hydrogen-bond acceptors (Lipinski definition) is 0. The van der Waals surface area contributed by atoms with E-state index < -0.39 is 4.58 Å². The summed E-state index contributed by atoms with van der Waals surface area (Å²) in [4.78, 5) is 0. The van der Waals surface area contributed by atoms with Crippen molar-refractivity contribution in [1.82, 2.24) is 0 Å². The molecule has 0 aliphatic heterocycles. The summed E-state index contributed by atoms with van der Waals surface area (Å²) >= 11 is 3.04. The van der Waals surface area contributed by atoms with Gasteiger partial charge in [0.1, 0.15) is 0 Å². The van der Waals surface area contributed by atoms with Gasteiger partial charge in [0.15, 0.2) is 4.58 Å². The molecule has 0 radical (unpaired) electrons. The van der Waals surface area contributed by atoms with E-state index in [-0.39, 0.29) is 5.92 Å². The molecule has 0 saturated heterocycles. The first-order chi connectivity index (χ1) is 5.68. The quantitative estimate of drug-likeness (QED) is 0.682.